The van der Waals surface area contributed by atoms with Gasteiger partial charge in [0.15, 0.2) is 6.61 Å². The molecule has 0 aliphatic heterocycles. The van der Waals surface area contributed by atoms with Gasteiger partial charge in [0.25, 0.3) is 5.91 Å². The number of para-hydroxylation sites is 1. The minimum absolute atomic E-state index is 0.111. The number of benzene rings is 2. The third-order valence-electron chi connectivity index (χ3n) is 3.91. The molecule has 0 heterocycles. The smallest absolute Gasteiger partial charge is 0.335 e. The summed E-state index contributed by atoms with van der Waals surface area (Å²) in [7, 11) is 0. The van der Waals surface area contributed by atoms with E-state index in [1.165, 1.54) is 0 Å². The Morgan fingerprint density at radius 1 is 1.24 bits per heavy atom. The monoisotopic (exact) mass is 345 g/mol. The molecule has 0 fully saturated rings. The molecule has 1 atom stereocenters. The van der Waals surface area contributed by atoms with Gasteiger partial charge in [-0.3, -0.25) is 4.79 Å². The Balaban J connectivity index is 2.05. The van der Waals surface area contributed by atoms with E-state index in [1.54, 1.807) is 6.07 Å². The van der Waals surface area contributed by atoms with Gasteiger partial charge in [-0.25, -0.2) is 9.18 Å². The lowest BCUT2D eigenvalue weighted by atomic mass is 9.98. The predicted octanol–water partition coefficient (Wildman–Crippen LogP) is 4.05. The summed E-state index contributed by atoms with van der Waals surface area (Å²) >= 11 is 0. The van der Waals surface area contributed by atoms with Crippen LogP contribution in [0.5, 0.6) is 5.75 Å². The van der Waals surface area contributed by atoms with E-state index in [2.05, 4.69) is 19.2 Å². The molecule has 5 nitrogen and oxygen atoms in total. The van der Waals surface area contributed by atoms with E-state index in [4.69, 9.17) is 9.84 Å². The van der Waals surface area contributed by atoms with Crippen LogP contribution in [-0.2, 0) is 4.79 Å². The highest BCUT2D eigenvalue weighted by atomic mass is 19.1. The molecule has 0 spiro atoms. The lowest BCUT2D eigenvalue weighted by Crippen LogP contribution is -2.21. The van der Waals surface area contributed by atoms with Gasteiger partial charge in [-0.2, -0.15) is 0 Å². The summed E-state index contributed by atoms with van der Waals surface area (Å²) in [4.78, 5) is 23.0. The van der Waals surface area contributed by atoms with Crippen LogP contribution in [-0.4, -0.2) is 23.6 Å². The predicted molar refractivity (Wildman–Crippen MR) is 92.6 cm³/mol. The molecule has 2 aromatic rings. The maximum Gasteiger partial charge on any atom is 0.335 e. The second-order valence-electron chi connectivity index (χ2n) is 5.68. The van der Waals surface area contributed by atoms with Crippen LogP contribution in [0.2, 0.25) is 0 Å². The van der Waals surface area contributed by atoms with Gasteiger partial charge in [0.2, 0.25) is 0 Å². The van der Waals surface area contributed by atoms with Crippen LogP contribution in [0.3, 0.4) is 0 Å². The maximum absolute atomic E-state index is 13.7. The molecular formula is C19H20FNO4. The first-order chi connectivity index (χ1) is 11.9. The number of anilines is 1. The first kappa shape index (κ1) is 18.4. The van der Waals surface area contributed by atoms with Crippen LogP contribution in [0, 0.1) is 5.82 Å². The Morgan fingerprint density at radius 2 is 1.96 bits per heavy atom. The van der Waals surface area contributed by atoms with Gasteiger partial charge in [0.05, 0.1) is 11.3 Å². The number of ether oxygens (including phenoxy) is 1. The van der Waals surface area contributed by atoms with E-state index >= 15 is 0 Å². The molecule has 2 rings (SSSR count). The summed E-state index contributed by atoms with van der Waals surface area (Å²) in [5, 5.41) is 11.3. The number of carbonyl (C=O) groups excluding carboxylic acids is 1. The van der Waals surface area contributed by atoms with Crippen molar-refractivity contribution >= 4 is 17.6 Å². The quantitative estimate of drug-likeness (QED) is 0.794. The summed E-state index contributed by atoms with van der Waals surface area (Å²) in [6, 6.07) is 10.6. The maximum atomic E-state index is 13.7. The minimum atomic E-state index is -1.20. The molecule has 0 radical (unpaired) electrons. The topological polar surface area (TPSA) is 75.6 Å². The molecule has 0 bridgehead atoms. The van der Waals surface area contributed by atoms with Crippen molar-refractivity contribution in [3.05, 3.63) is 59.4 Å². The number of halogens is 1. The van der Waals surface area contributed by atoms with Crippen molar-refractivity contribution in [3.63, 3.8) is 0 Å². The van der Waals surface area contributed by atoms with Crippen LogP contribution in [0.4, 0.5) is 10.1 Å². The molecule has 132 valence electrons. The Morgan fingerprint density at radius 3 is 2.64 bits per heavy atom. The Hall–Kier alpha value is -2.89. The van der Waals surface area contributed by atoms with Crippen LogP contribution < -0.4 is 10.1 Å². The molecule has 2 N–H and O–H groups in total. The Kier molecular flexibility index (Phi) is 6.11. The highest BCUT2D eigenvalue weighted by molar-refractivity contribution is 5.94. The van der Waals surface area contributed by atoms with Crippen molar-refractivity contribution in [2.24, 2.45) is 0 Å². The number of aromatic carboxylic acids is 1. The van der Waals surface area contributed by atoms with Gasteiger partial charge < -0.3 is 15.2 Å². The van der Waals surface area contributed by atoms with E-state index in [0.717, 1.165) is 30.2 Å². The van der Waals surface area contributed by atoms with E-state index in [0.29, 0.717) is 5.75 Å². The fraction of sp³-hybridized carbons (Fsp3) is 0.263. The molecule has 0 aliphatic rings. The standard InChI is InChI=1S/C19H20FNO4/c1-3-12(2)14-6-4-5-7-17(14)25-11-18(22)21-16-10-13(19(23)24)8-9-15(16)20/h4-10,12H,3,11H2,1-2H3,(H,21,22)(H,23,24). The Bertz CT molecular complexity index is 776. The van der Waals surface area contributed by atoms with Gasteiger partial charge in [-0.05, 0) is 42.2 Å². The van der Waals surface area contributed by atoms with E-state index in [-0.39, 0.29) is 23.8 Å². The van der Waals surface area contributed by atoms with Gasteiger partial charge >= 0.3 is 5.97 Å². The summed E-state index contributed by atoms with van der Waals surface area (Å²) in [5.41, 5.74) is 0.695. The van der Waals surface area contributed by atoms with Crippen molar-refractivity contribution in [3.8, 4) is 5.75 Å². The van der Waals surface area contributed by atoms with Crippen molar-refractivity contribution < 1.29 is 23.8 Å². The van der Waals surface area contributed by atoms with E-state index in [1.807, 2.05) is 18.2 Å². The molecule has 1 amide bonds. The number of hydrogen-bond acceptors (Lipinski definition) is 3. The number of carboxylic acids is 1. The summed E-state index contributed by atoms with van der Waals surface area (Å²) < 4.78 is 19.3. The molecule has 6 heteroatoms. The van der Waals surface area contributed by atoms with Crippen LogP contribution in [0.1, 0.15) is 42.1 Å². The normalized spacial score (nSPS) is 11.6. The number of amides is 1. The number of carboxylic acid groups (broad SMARTS) is 1. The van der Waals surface area contributed by atoms with Crippen LogP contribution in [0.15, 0.2) is 42.5 Å². The molecular weight excluding hydrogens is 325 g/mol. The van der Waals surface area contributed by atoms with Crippen molar-refractivity contribution in [2.75, 3.05) is 11.9 Å². The zero-order valence-electron chi connectivity index (χ0n) is 14.1. The molecule has 25 heavy (non-hydrogen) atoms. The van der Waals surface area contributed by atoms with Gasteiger partial charge in [-0.15, -0.1) is 0 Å². The molecule has 0 aromatic heterocycles. The third-order valence-corrected chi connectivity index (χ3v) is 3.91. The van der Waals surface area contributed by atoms with Crippen molar-refractivity contribution in [1.29, 1.82) is 0 Å². The lowest BCUT2D eigenvalue weighted by Gasteiger charge is -2.15. The third kappa shape index (κ3) is 4.79. The average molecular weight is 345 g/mol. The number of rotatable bonds is 7. The first-order valence-electron chi connectivity index (χ1n) is 7.96. The second-order valence-corrected chi connectivity index (χ2v) is 5.68. The number of nitrogens with one attached hydrogen (secondary N) is 1. The second kappa shape index (κ2) is 8.28. The highest BCUT2D eigenvalue weighted by Gasteiger charge is 2.14. The van der Waals surface area contributed by atoms with Crippen LogP contribution >= 0.6 is 0 Å². The molecule has 1 unspecified atom stereocenters. The zero-order chi connectivity index (χ0) is 18.4. The SMILES string of the molecule is CCC(C)c1ccccc1OCC(=O)Nc1cc(C(=O)O)ccc1F. The number of carbonyl (C=O) groups is 2. The van der Waals surface area contributed by atoms with Gasteiger partial charge in [0, 0.05) is 0 Å². The number of hydrogen-bond donors (Lipinski definition) is 2. The molecule has 0 aliphatic carbocycles. The first-order valence-corrected chi connectivity index (χ1v) is 7.96. The fourth-order valence-corrected chi connectivity index (χ4v) is 2.32. The Labute approximate surface area is 145 Å². The van der Waals surface area contributed by atoms with E-state index in [9.17, 15) is 14.0 Å². The summed E-state index contributed by atoms with van der Waals surface area (Å²) in [5.74, 6) is -1.59. The van der Waals surface area contributed by atoms with Crippen LogP contribution in [0.25, 0.3) is 0 Å². The zero-order valence-corrected chi connectivity index (χ0v) is 14.1. The highest BCUT2D eigenvalue weighted by Crippen LogP contribution is 2.28. The largest absolute Gasteiger partial charge is 0.483 e. The minimum Gasteiger partial charge on any atom is -0.483 e. The van der Waals surface area contributed by atoms with Crippen molar-refractivity contribution in [2.45, 2.75) is 26.2 Å². The van der Waals surface area contributed by atoms with Crippen molar-refractivity contribution in [1.82, 2.24) is 0 Å². The molecule has 0 saturated heterocycles. The van der Waals surface area contributed by atoms with Gasteiger partial charge in [-0.1, -0.05) is 32.0 Å². The average Bonchev–Trinajstić information content (AvgIpc) is 2.61. The molecule has 0 saturated carbocycles. The molecule has 2 aromatic carbocycles. The van der Waals surface area contributed by atoms with E-state index < -0.39 is 17.7 Å². The summed E-state index contributed by atoms with van der Waals surface area (Å²) in [6.07, 6.45) is 0.930. The van der Waals surface area contributed by atoms with Gasteiger partial charge in [0.1, 0.15) is 11.6 Å². The summed E-state index contributed by atoms with van der Waals surface area (Å²) in [6.45, 7) is 3.82. The lowest BCUT2D eigenvalue weighted by molar-refractivity contribution is -0.118. The fourth-order valence-electron chi connectivity index (χ4n) is 2.32.